The summed E-state index contributed by atoms with van der Waals surface area (Å²) in [7, 11) is 1.67. The van der Waals surface area contributed by atoms with E-state index in [1.54, 1.807) is 30.1 Å². The highest BCUT2D eigenvalue weighted by atomic mass is 35.5. The molecule has 0 unspecified atom stereocenters. The molecule has 0 saturated carbocycles. The van der Waals surface area contributed by atoms with Crippen molar-refractivity contribution in [3.63, 3.8) is 0 Å². The van der Waals surface area contributed by atoms with Crippen LogP contribution in [-0.2, 0) is 11.2 Å². The first-order chi connectivity index (χ1) is 9.90. The Labute approximate surface area is 127 Å². The lowest BCUT2D eigenvalue weighted by molar-refractivity contribution is -0.136. The Balaban J connectivity index is 2.53. The number of hydrogen-bond donors (Lipinski definition) is 1. The molecule has 0 radical (unpaired) electrons. The number of anilines is 2. The smallest absolute Gasteiger partial charge is 0.307 e. The van der Waals surface area contributed by atoms with E-state index < -0.39 is 11.8 Å². The van der Waals surface area contributed by atoms with Gasteiger partial charge in [-0.25, -0.2) is 4.39 Å². The van der Waals surface area contributed by atoms with Gasteiger partial charge in [0.15, 0.2) is 0 Å². The number of hydrogen-bond acceptors (Lipinski definition) is 2. The van der Waals surface area contributed by atoms with Crippen LogP contribution < -0.4 is 4.90 Å². The van der Waals surface area contributed by atoms with E-state index in [-0.39, 0.29) is 17.1 Å². The maximum absolute atomic E-state index is 14.0. The molecule has 0 aliphatic carbocycles. The molecule has 3 nitrogen and oxygen atoms in total. The van der Waals surface area contributed by atoms with Gasteiger partial charge < -0.3 is 10.0 Å². The molecule has 0 atom stereocenters. The summed E-state index contributed by atoms with van der Waals surface area (Å²) in [5, 5.41) is 9.30. The Morgan fingerprint density at radius 3 is 2.67 bits per heavy atom. The molecule has 1 N–H and O–H groups in total. The molecule has 0 heterocycles. The van der Waals surface area contributed by atoms with Gasteiger partial charge in [0.2, 0.25) is 0 Å². The number of halogens is 2. The maximum atomic E-state index is 14.0. The zero-order chi connectivity index (χ0) is 15.6. The number of nitrogens with zero attached hydrogens (tertiary/aromatic N) is 1. The van der Waals surface area contributed by atoms with E-state index in [9.17, 15) is 9.18 Å². The number of rotatable bonds is 4. The average molecular weight is 308 g/mol. The molecule has 110 valence electrons. The molecular formula is C16H15ClFNO2. The van der Waals surface area contributed by atoms with Crippen molar-refractivity contribution >= 4 is 28.9 Å². The summed E-state index contributed by atoms with van der Waals surface area (Å²) in [6, 6.07) is 9.86. The molecule has 2 aromatic rings. The first-order valence-corrected chi connectivity index (χ1v) is 6.77. The van der Waals surface area contributed by atoms with Crippen LogP contribution in [0.15, 0.2) is 36.4 Å². The van der Waals surface area contributed by atoms with E-state index >= 15 is 0 Å². The van der Waals surface area contributed by atoms with Crippen molar-refractivity contribution in [2.75, 3.05) is 11.9 Å². The molecule has 0 bridgehead atoms. The third kappa shape index (κ3) is 3.34. The van der Waals surface area contributed by atoms with E-state index in [1.807, 2.05) is 13.0 Å². The number of benzene rings is 2. The van der Waals surface area contributed by atoms with Gasteiger partial charge in [-0.3, -0.25) is 4.79 Å². The van der Waals surface area contributed by atoms with Crippen molar-refractivity contribution in [2.45, 2.75) is 13.3 Å². The molecule has 2 rings (SSSR count). The average Bonchev–Trinajstić information content (AvgIpc) is 2.37. The molecule has 0 aliphatic heterocycles. The topological polar surface area (TPSA) is 40.5 Å². The van der Waals surface area contributed by atoms with Gasteiger partial charge in [0.25, 0.3) is 0 Å². The van der Waals surface area contributed by atoms with Crippen molar-refractivity contribution in [3.8, 4) is 0 Å². The number of carbonyl (C=O) groups is 1. The molecule has 0 saturated heterocycles. The van der Waals surface area contributed by atoms with Gasteiger partial charge in [-0.05, 0) is 30.7 Å². The van der Waals surface area contributed by atoms with Gasteiger partial charge in [0.05, 0.1) is 17.1 Å². The number of carboxylic acid groups (broad SMARTS) is 1. The monoisotopic (exact) mass is 307 g/mol. The second-order valence-corrected chi connectivity index (χ2v) is 5.24. The SMILES string of the molecule is Cc1ccc(N(C)c2c(F)cccc2Cl)c(CC(=O)O)c1. The predicted octanol–water partition coefficient (Wildman–Crippen LogP) is 4.18. The number of carboxylic acids is 1. The van der Waals surface area contributed by atoms with Crippen LogP contribution in [0.2, 0.25) is 5.02 Å². The highest BCUT2D eigenvalue weighted by Crippen LogP contribution is 2.35. The van der Waals surface area contributed by atoms with E-state index in [4.69, 9.17) is 16.7 Å². The van der Waals surface area contributed by atoms with Crippen molar-refractivity contribution in [1.29, 1.82) is 0 Å². The minimum atomic E-state index is -0.935. The van der Waals surface area contributed by atoms with Gasteiger partial charge in [-0.1, -0.05) is 35.4 Å². The second-order valence-electron chi connectivity index (χ2n) is 4.83. The van der Waals surface area contributed by atoms with Gasteiger partial charge >= 0.3 is 5.97 Å². The maximum Gasteiger partial charge on any atom is 0.307 e. The Morgan fingerprint density at radius 2 is 2.05 bits per heavy atom. The zero-order valence-electron chi connectivity index (χ0n) is 11.7. The van der Waals surface area contributed by atoms with Gasteiger partial charge in [0.1, 0.15) is 5.82 Å². The molecule has 0 aliphatic rings. The quantitative estimate of drug-likeness (QED) is 0.921. The van der Waals surface area contributed by atoms with Crippen LogP contribution in [0.25, 0.3) is 0 Å². The highest BCUT2D eigenvalue weighted by molar-refractivity contribution is 6.33. The van der Waals surface area contributed by atoms with E-state index in [0.717, 1.165) is 5.56 Å². The van der Waals surface area contributed by atoms with Crippen molar-refractivity contribution < 1.29 is 14.3 Å². The van der Waals surface area contributed by atoms with Crippen LogP contribution in [0.5, 0.6) is 0 Å². The number of aryl methyl sites for hydroxylation is 1. The molecule has 0 amide bonds. The molecule has 0 aromatic heterocycles. The molecule has 0 fully saturated rings. The van der Waals surface area contributed by atoms with Crippen molar-refractivity contribution in [3.05, 3.63) is 58.4 Å². The van der Waals surface area contributed by atoms with Gasteiger partial charge in [-0.15, -0.1) is 0 Å². The summed E-state index contributed by atoms with van der Waals surface area (Å²) in [6.45, 7) is 1.88. The largest absolute Gasteiger partial charge is 0.481 e. The summed E-state index contributed by atoms with van der Waals surface area (Å²) in [4.78, 5) is 12.6. The Kier molecular flexibility index (Phi) is 4.48. The fourth-order valence-corrected chi connectivity index (χ4v) is 2.57. The third-order valence-electron chi connectivity index (χ3n) is 3.21. The van der Waals surface area contributed by atoms with Crippen LogP contribution in [0.4, 0.5) is 15.8 Å². The molecule has 5 heteroatoms. The Bertz CT molecular complexity index is 668. The molecule has 21 heavy (non-hydrogen) atoms. The molecule has 0 spiro atoms. The van der Waals surface area contributed by atoms with Crippen LogP contribution in [0.3, 0.4) is 0 Å². The summed E-state index contributed by atoms with van der Waals surface area (Å²) in [5.41, 5.74) is 2.41. The lowest BCUT2D eigenvalue weighted by Crippen LogP contribution is -2.15. The molecular weight excluding hydrogens is 293 g/mol. The number of aliphatic carboxylic acids is 1. The first-order valence-electron chi connectivity index (χ1n) is 6.39. The lowest BCUT2D eigenvalue weighted by Gasteiger charge is -2.24. The van der Waals surface area contributed by atoms with E-state index in [1.165, 1.54) is 12.1 Å². The van der Waals surface area contributed by atoms with Gasteiger partial charge in [-0.2, -0.15) is 0 Å². The Hall–Kier alpha value is -2.07. The van der Waals surface area contributed by atoms with Crippen molar-refractivity contribution in [2.24, 2.45) is 0 Å². The Morgan fingerprint density at radius 1 is 1.33 bits per heavy atom. The third-order valence-corrected chi connectivity index (χ3v) is 3.52. The summed E-state index contributed by atoms with van der Waals surface area (Å²) in [5.74, 6) is -1.39. The minimum Gasteiger partial charge on any atom is -0.481 e. The van der Waals surface area contributed by atoms with E-state index in [2.05, 4.69) is 0 Å². The molecule has 2 aromatic carbocycles. The first kappa shape index (κ1) is 15.3. The minimum absolute atomic E-state index is 0.132. The summed E-state index contributed by atoms with van der Waals surface area (Å²) < 4.78 is 14.0. The van der Waals surface area contributed by atoms with Crippen molar-refractivity contribution in [1.82, 2.24) is 0 Å². The second kappa shape index (κ2) is 6.14. The van der Waals surface area contributed by atoms with Crippen LogP contribution in [0, 0.1) is 12.7 Å². The lowest BCUT2D eigenvalue weighted by atomic mass is 10.0. The highest BCUT2D eigenvalue weighted by Gasteiger charge is 2.17. The van der Waals surface area contributed by atoms with Crippen LogP contribution >= 0.6 is 11.6 Å². The van der Waals surface area contributed by atoms with Crippen LogP contribution in [-0.4, -0.2) is 18.1 Å². The zero-order valence-corrected chi connectivity index (χ0v) is 12.5. The van der Waals surface area contributed by atoms with Gasteiger partial charge in [0, 0.05) is 12.7 Å². The predicted molar refractivity (Wildman–Crippen MR) is 82.0 cm³/mol. The van der Waals surface area contributed by atoms with E-state index in [0.29, 0.717) is 11.3 Å². The standard InChI is InChI=1S/C16H15ClFNO2/c1-10-6-7-14(11(8-10)9-15(20)21)19(2)16-12(17)4-3-5-13(16)18/h3-8H,9H2,1-2H3,(H,20,21). The van der Waals surface area contributed by atoms with Crippen LogP contribution in [0.1, 0.15) is 11.1 Å². The fourth-order valence-electron chi connectivity index (χ4n) is 2.28. The number of para-hydroxylation sites is 1. The summed E-state index contributed by atoms with van der Waals surface area (Å²) >= 11 is 6.07. The summed E-state index contributed by atoms with van der Waals surface area (Å²) in [6.07, 6.45) is -0.132. The normalized spacial score (nSPS) is 10.5. The fraction of sp³-hybridized carbons (Fsp3) is 0.188.